The van der Waals surface area contributed by atoms with Gasteiger partial charge < -0.3 is 9.52 Å². The normalized spacial score (nSPS) is 22.5. The van der Waals surface area contributed by atoms with Crippen LogP contribution in [0.25, 0.3) is 0 Å². The first-order chi connectivity index (χ1) is 10.2. The summed E-state index contributed by atoms with van der Waals surface area (Å²) in [6, 6.07) is 12.4. The van der Waals surface area contributed by atoms with E-state index in [-0.39, 0.29) is 5.56 Å². The molecule has 1 fully saturated rings. The Balaban J connectivity index is 1.74. The number of carboxylic acids is 1. The molecular formula is C17H19NO3. The van der Waals surface area contributed by atoms with E-state index in [2.05, 4.69) is 36.1 Å². The Kier molecular flexibility index (Phi) is 3.80. The van der Waals surface area contributed by atoms with E-state index in [1.54, 1.807) is 0 Å². The predicted octanol–water partition coefficient (Wildman–Crippen LogP) is 3.36. The number of nitrogens with zero attached hydrogens (tertiary/aromatic N) is 1. The molecule has 1 aliphatic rings. The van der Waals surface area contributed by atoms with Crippen LogP contribution in [0.1, 0.15) is 40.9 Å². The molecule has 0 radical (unpaired) electrons. The first kappa shape index (κ1) is 13.9. The van der Waals surface area contributed by atoms with E-state index in [0.717, 1.165) is 13.0 Å². The lowest BCUT2D eigenvalue weighted by atomic mass is 9.93. The summed E-state index contributed by atoms with van der Waals surface area (Å²) in [5.74, 6) is 0.114. The molecule has 2 unspecified atom stereocenters. The molecule has 21 heavy (non-hydrogen) atoms. The third-order valence-electron chi connectivity index (χ3n) is 4.44. The zero-order valence-corrected chi connectivity index (χ0v) is 12.0. The van der Waals surface area contributed by atoms with E-state index >= 15 is 0 Å². The number of hydrogen-bond acceptors (Lipinski definition) is 3. The molecule has 1 aliphatic heterocycles. The highest BCUT2D eigenvalue weighted by atomic mass is 16.4. The largest absolute Gasteiger partial charge is 0.478 e. The van der Waals surface area contributed by atoms with Gasteiger partial charge >= 0.3 is 5.97 Å². The van der Waals surface area contributed by atoms with Gasteiger partial charge in [0.2, 0.25) is 0 Å². The molecule has 0 bridgehead atoms. The van der Waals surface area contributed by atoms with Crippen LogP contribution in [0.5, 0.6) is 0 Å². The van der Waals surface area contributed by atoms with Crippen LogP contribution in [-0.4, -0.2) is 28.6 Å². The number of carboxylic acid groups (broad SMARTS) is 1. The lowest BCUT2D eigenvalue weighted by Crippen LogP contribution is -2.29. The van der Waals surface area contributed by atoms with Gasteiger partial charge in [-0.3, -0.25) is 4.90 Å². The minimum Gasteiger partial charge on any atom is -0.478 e. The Morgan fingerprint density at radius 2 is 2.10 bits per heavy atom. The third-order valence-corrected chi connectivity index (χ3v) is 4.44. The summed E-state index contributed by atoms with van der Waals surface area (Å²) in [6.07, 6.45) is 2.54. The second kappa shape index (κ2) is 5.74. The van der Waals surface area contributed by atoms with Crippen LogP contribution >= 0.6 is 0 Å². The smallest absolute Gasteiger partial charge is 0.339 e. The van der Waals surface area contributed by atoms with Gasteiger partial charge in [-0.2, -0.15) is 0 Å². The van der Waals surface area contributed by atoms with Crippen molar-refractivity contribution < 1.29 is 14.3 Å². The van der Waals surface area contributed by atoms with Gasteiger partial charge in [-0.05, 0) is 31.5 Å². The molecule has 4 nitrogen and oxygen atoms in total. The standard InChI is InChI=1S/C17H19NO3/c1-12-14(13-5-3-2-4-6-13)7-9-18(12)11-16-15(17(19)20)8-10-21-16/h2-6,8,10,12,14H,7,9,11H2,1H3,(H,19,20). The maximum absolute atomic E-state index is 11.1. The number of rotatable bonds is 4. The predicted molar refractivity (Wildman–Crippen MR) is 79.3 cm³/mol. The molecule has 0 aliphatic carbocycles. The van der Waals surface area contributed by atoms with Gasteiger partial charge in [0.15, 0.2) is 0 Å². The molecule has 2 atom stereocenters. The fourth-order valence-corrected chi connectivity index (χ4v) is 3.21. The lowest BCUT2D eigenvalue weighted by Gasteiger charge is -2.24. The van der Waals surface area contributed by atoms with Crippen LogP contribution in [0.15, 0.2) is 47.1 Å². The van der Waals surface area contributed by atoms with Gasteiger partial charge in [0.05, 0.1) is 12.8 Å². The first-order valence-electron chi connectivity index (χ1n) is 7.25. The number of aromatic carboxylic acids is 1. The van der Waals surface area contributed by atoms with Crippen LogP contribution in [0, 0.1) is 0 Å². The minimum atomic E-state index is -0.926. The Morgan fingerprint density at radius 3 is 2.81 bits per heavy atom. The van der Waals surface area contributed by atoms with Crippen molar-refractivity contribution in [1.29, 1.82) is 0 Å². The average molecular weight is 285 g/mol. The van der Waals surface area contributed by atoms with Gasteiger partial charge in [-0.1, -0.05) is 30.3 Å². The zero-order valence-electron chi connectivity index (χ0n) is 12.0. The second-order valence-corrected chi connectivity index (χ2v) is 5.58. The molecule has 1 saturated heterocycles. The summed E-state index contributed by atoms with van der Waals surface area (Å²) in [4.78, 5) is 13.4. The number of hydrogen-bond donors (Lipinski definition) is 1. The maximum Gasteiger partial charge on any atom is 0.339 e. The molecule has 110 valence electrons. The summed E-state index contributed by atoms with van der Waals surface area (Å²) >= 11 is 0. The fourth-order valence-electron chi connectivity index (χ4n) is 3.21. The number of carbonyl (C=O) groups is 1. The van der Waals surface area contributed by atoms with E-state index in [1.165, 1.54) is 17.9 Å². The van der Waals surface area contributed by atoms with E-state index in [9.17, 15) is 4.79 Å². The lowest BCUT2D eigenvalue weighted by molar-refractivity contribution is 0.0692. The van der Waals surface area contributed by atoms with E-state index in [1.807, 2.05) is 6.07 Å². The van der Waals surface area contributed by atoms with Crippen LogP contribution in [-0.2, 0) is 6.54 Å². The summed E-state index contributed by atoms with van der Waals surface area (Å²) < 4.78 is 5.35. The van der Waals surface area contributed by atoms with Crippen molar-refractivity contribution in [1.82, 2.24) is 4.90 Å². The molecule has 1 aromatic carbocycles. The summed E-state index contributed by atoms with van der Waals surface area (Å²) in [5.41, 5.74) is 1.62. The molecule has 1 aromatic heterocycles. The van der Waals surface area contributed by atoms with Gasteiger partial charge in [-0.15, -0.1) is 0 Å². The molecule has 3 rings (SSSR count). The molecule has 2 heterocycles. The molecule has 0 saturated carbocycles. The number of likely N-dealkylation sites (tertiary alicyclic amines) is 1. The SMILES string of the molecule is CC1C(c2ccccc2)CCN1Cc1occc1C(=O)O. The Morgan fingerprint density at radius 1 is 1.33 bits per heavy atom. The van der Waals surface area contributed by atoms with E-state index < -0.39 is 5.97 Å². The van der Waals surface area contributed by atoms with E-state index in [0.29, 0.717) is 24.3 Å². The van der Waals surface area contributed by atoms with Crippen molar-refractivity contribution in [2.75, 3.05) is 6.54 Å². The van der Waals surface area contributed by atoms with Crippen LogP contribution in [0.4, 0.5) is 0 Å². The highest BCUT2D eigenvalue weighted by Gasteiger charge is 2.32. The molecule has 4 heteroatoms. The van der Waals surface area contributed by atoms with E-state index in [4.69, 9.17) is 9.52 Å². The van der Waals surface area contributed by atoms with Crippen molar-refractivity contribution in [2.24, 2.45) is 0 Å². The molecular weight excluding hydrogens is 266 g/mol. The van der Waals surface area contributed by atoms with Gasteiger partial charge in [-0.25, -0.2) is 4.79 Å². The zero-order chi connectivity index (χ0) is 14.8. The fraction of sp³-hybridized carbons (Fsp3) is 0.353. The molecule has 0 spiro atoms. The van der Waals surface area contributed by atoms with Gasteiger partial charge in [0.1, 0.15) is 11.3 Å². The van der Waals surface area contributed by atoms with Crippen molar-refractivity contribution in [2.45, 2.75) is 31.8 Å². The highest BCUT2D eigenvalue weighted by Crippen LogP contribution is 2.34. The van der Waals surface area contributed by atoms with Crippen LogP contribution < -0.4 is 0 Å². The molecule has 0 amide bonds. The minimum absolute atomic E-state index is 0.269. The van der Waals surface area contributed by atoms with Crippen molar-refractivity contribution >= 4 is 5.97 Å². The van der Waals surface area contributed by atoms with Crippen LogP contribution in [0.2, 0.25) is 0 Å². The third kappa shape index (κ3) is 2.72. The quantitative estimate of drug-likeness (QED) is 0.936. The Labute approximate surface area is 124 Å². The number of furan rings is 1. The summed E-state index contributed by atoms with van der Waals surface area (Å²) in [7, 11) is 0. The van der Waals surface area contributed by atoms with Crippen molar-refractivity contribution in [3.8, 4) is 0 Å². The topological polar surface area (TPSA) is 53.7 Å². The monoisotopic (exact) mass is 285 g/mol. The summed E-state index contributed by atoms with van der Waals surface area (Å²) in [5, 5.41) is 9.15. The Hall–Kier alpha value is -2.07. The summed E-state index contributed by atoms with van der Waals surface area (Å²) in [6.45, 7) is 3.72. The van der Waals surface area contributed by atoms with Crippen LogP contribution in [0.3, 0.4) is 0 Å². The first-order valence-corrected chi connectivity index (χ1v) is 7.25. The Bertz CT molecular complexity index is 620. The van der Waals surface area contributed by atoms with Crippen molar-refractivity contribution in [3.05, 3.63) is 59.5 Å². The highest BCUT2D eigenvalue weighted by molar-refractivity contribution is 5.88. The van der Waals surface area contributed by atoms with Gasteiger partial charge in [0, 0.05) is 12.0 Å². The molecule has 1 N–H and O–H groups in total. The molecule has 2 aromatic rings. The number of benzene rings is 1. The van der Waals surface area contributed by atoms with Crippen molar-refractivity contribution in [3.63, 3.8) is 0 Å². The average Bonchev–Trinajstić information content (AvgIpc) is 3.08. The maximum atomic E-state index is 11.1. The van der Waals surface area contributed by atoms with Gasteiger partial charge in [0.25, 0.3) is 0 Å². The second-order valence-electron chi connectivity index (χ2n) is 5.58.